The zero-order valence-electron chi connectivity index (χ0n) is 14.5. The molecule has 0 saturated heterocycles. The Labute approximate surface area is 165 Å². The van der Waals surface area contributed by atoms with Gasteiger partial charge >= 0.3 is 0 Å². The number of carbonyl (C=O) groups is 1. The molecular formula is C18H17ClN4O3S. The first kappa shape index (κ1) is 19.1. The largest absolute Gasteiger partial charge is 0.495 e. The van der Waals surface area contributed by atoms with Gasteiger partial charge in [-0.05, 0) is 30.3 Å². The molecule has 1 N–H and O–H groups in total. The smallest absolute Gasteiger partial charge is 0.234 e. The summed E-state index contributed by atoms with van der Waals surface area (Å²) in [7, 11) is 1.53. The van der Waals surface area contributed by atoms with Crippen LogP contribution in [0.3, 0.4) is 0 Å². The second kappa shape index (κ2) is 8.79. The van der Waals surface area contributed by atoms with E-state index in [0.717, 1.165) is 0 Å². The second-order valence-electron chi connectivity index (χ2n) is 5.36. The van der Waals surface area contributed by atoms with Crippen LogP contribution in [0.25, 0.3) is 11.6 Å². The zero-order chi connectivity index (χ0) is 19.2. The van der Waals surface area contributed by atoms with Crippen LogP contribution in [0.15, 0.2) is 58.8 Å². The fourth-order valence-electron chi connectivity index (χ4n) is 2.37. The average molecular weight is 405 g/mol. The third kappa shape index (κ3) is 4.53. The minimum absolute atomic E-state index is 0.142. The molecule has 0 bridgehead atoms. The van der Waals surface area contributed by atoms with E-state index in [1.165, 1.54) is 18.9 Å². The predicted molar refractivity (Wildman–Crippen MR) is 105 cm³/mol. The van der Waals surface area contributed by atoms with Gasteiger partial charge < -0.3 is 14.5 Å². The van der Waals surface area contributed by atoms with Gasteiger partial charge in [-0.1, -0.05) is 29.4 Å². The minimum atomic E-state index is -0.215. The van der Waals surface area contributed by atoms with Crippen LogP contribution >= 0.6 is 23.4 Å². The molecule has 0 saturated carbocycles. The summed E-state index contributed by atoms with van der Waals surface area (Å²) < 4.78 is 12.5. The first-order chi connectivity index (χ1) is 13.1. The number of halogens is 1. The maximum absolute atomic E-state index is 12.3. The number of benzene rings is 1. The number of rotatable bonds is 8. The van der Waals surface area contributed by atoms with Crippen molar-refractivity contribution in [2.24, 2.45) is 0 Å². The van der Waals surface area contributed by atoms with Crippen molar-refractivity contribution < 1.29 is 13.9 Å². The summed E-state index contributed by atoms with van der Waals surface area (Å²) in [5, 5.41) is 12.2. The highest BCUT2D eigenvalue weighted by Gasteiger charge is 2.17. The van der Waals surface area contributed by atoms with Crippen molar-refractivity contribution >= 4 is 35.0 Å². The van der Waals surface area contributed by atoms with E-state index >= 15 is 0 Å². The number of ether oxygens (including phenoxy) is 1. The van der Waals surface area contributed by atoms with Crippen LogP contribution in [-0.4, -0.2) is 33.5 Å². The van der Waals surface area contributed by atoms with Crippen LogP contribution in [0.2, 0.25) is 5.02 Å². The number of hydrogen-bond acceptors (Lipinski definition) is 6. The van der Waals surface area contributed by atoms with Crippen LogP contribution in [0.5, 0.6) is 5.75 Å². The van der Waals surface area contributed by atoms with E-state index < -0.39 is 0 Å². The average Bonchev–Trinajstić information content (AvgIpc) is 3.30. The molecule has 7 nitrogen and oxygen atoms in total. The first-order valence-electron chi connectivity index (χ1n) is 7.96. The van der Waals surface area contributed by atoms with Crippen molar-refractivity contribution in [1.29, 1.82) is 0 Å². The van der Waals surface area contributed by atoms with Gasteiger partial charge in [0.15, 0.2) is 10.9 Å². The van der Waals surface area contributed by atoms with E-state index in [4.69, 9.17) is 20.8 Å². The van der Waals surface area contributed by atoms with Crippen LogP contribution in [0.4, 0.5) is 5.69 Å². The van der Waals surface area contributed by atoms with Crippen LogP contribution < -0.4 is 10.1 Å². The lowest BCUT2D eigenvalue weighted by Crippen LogP contribution is -2.15. The summed E-state index contributed by atoms with van der Waals surface area (Å²) in [5.41, 5.74) is 0.513. The summed E-state index contributed by atoms with van der Waals surface area (Å²) in [6, 6.07) is 8.61. The maximum Gasteiger partial charge on any atom is 0.234 e. The monoisotopic (exact) mass is 404 g/mol. The van der Waals surface area contributed by atoms with Gasteiger partial charge in [0, 0.05) is 11.6 Å². The van der Waals surface area contributed by atoms with Gasteiger partial charge in [-0.2, -0.15) is 0 Å². The predicted octanol–water partition coefficient (Wildman–Crippen LogP) is 4.12. The molecule has 0 fully saturated rings. The van der Waals surface area contributed by atoms with Gasteiger partial charge in [0.25, 0.3) is 0 Å². The highest BCUT2D eigenvalue weighted by atomic mass is 35.5. The van der Waals surface area contributed by atoms with Gasteiger partial charge in [0.05, 0.1) is 24.8 Å². The van der Waals surface area contributed by atoms with E-state index in [-0.39, 0.29) is 11.7 Å². The first-order valence-corrected chi connectivity index (χ1v) is 9.33. The van der Waals surface area contributed by atoms with Crippen molar-refractivity contribution in [2.45, 2.75) is 11.7 Å². The molecule has 2 heterocycles. The Morgan fingerprint density at radius 3 is 3.00 bits per heavy atom. The van der Waals surface area contributed by atoms with E-state index in [9.17, 15) is 4.79 Å². The topological polar surface area (TPSA) is 82.2 Å². The van der Waals surface area contributed by atoms with Crippen LogP contribution in [0.1, 0.15) is 0 Å². The van der Waals surface area contributed by atoms with Gasteiger partial charge in [-0.15, -0.1) is 16.8 Å². The summed E-state index contributed by atoms with van der Waals surface area (Å²) in [5.74, 6) is 1.65. The molecule has 27 heavy (non-hydrogen) atoms. The van der Waals surface area contributed by atoms with Crippen molar-refractivity contribution in [3.8, 4) is 17.3 Å². The van der Waals surface area contributed by atoms with E-state index in [1.807, 2.05) is 4.57 Å². The van der Waals surface area contributed by atoms with Gasteiger partial charge in [-0.25, -0.2) is 0 Å². The molecule has 0 spiro atoms. The molecule has 0 atom stereocenters. The molecular weight excluding hydrogens is 388 g/mol. The Hall–Kier alpha value is -2.71. The van der Waals surface area contributed by atoms with Crippen LogP contribution in [0, 0.1) is 0 Å². The molecule has 0 aliphatic rings. The number of furan rings is 1. The number of thioether (sulfide) groups is 1. The summed E-state index contributed by atoms with van der Waals surface area (Å²) in [6.45, 7) is 4.25. The lowest BCUT2D eigenvalue weighted by atomic mass is 10.3. The van der Waals surface area contributed by atoms with Gasteiger partial charge in [-0.3, -0.25) is 9.36 Å². The summed E-state index contributed by atoms with van der Waals surface area (Å²) in [4.78, 5) is 12.3. The molecule has 0 unspecified atom stereocenters. The van der Waals surface area contributed by atoms with Crippen molar-refractivity contribution in [3.05, 3.63) is 54.3 Å². The third-order valence-corrected chi connectivity index (χ3v) is 4.74. The van der Waals surface area contributed by atoms with E-state index in [2.05, 4.69) is 22.1 Å². The molecule has 1 aromatic carbocycles. The van der Waals surface area contributed by atoms with Gasteiger partial charge in [0.1, 0.15) is 5.75 Å². The Morgan fingerprint density at radius 1 is 1.44 bits per heavy atom. The molecule has 0 aliphatic heterocycles. The van der Waals surface area contributed by atoms with E-state index in [0.29, 0.717) is 39.7 Å². The Morgan fingerprint density at radius 2 is 2.30 bits per heavy atom. The highest BCUT2D eigenvalue weighted by molar-refractivity contribution is 7.99. The standard InChI is InChI=1S/C18H17ClN4O3S/c1-3-8-23-17(15-5-4-9-26-15)21-22-18(23)27-11-16(24)20-13-10-12(19)6-7-14(13)25-2/h3-7,9-10H,1,8,11H2,2H3,(H,20,24). The van der Waals surface area contributed by atoms with Crippen molar-refractivity contribution in [1.82, 2.24) is 14.8 Å². The molecule has 3 rings (SSSR count). The Kier molecular flexibility index (Phi) is 6.20. The second-order valence-corrected chi connectivity index (χ2v) is 6.74. The number of carbonyl (C=O) groups excluding carboxylic acids is 1. The number of nitrogens with one attached hydrogen (secondary N) is 1. The quantitative estimate of drug-likeness (QED) is 0.449. The lowest BCUT2D eigenvalue weighted by Gasteiger charge is -2.10. The maximum atomic E-state index is 12.3. The molecule has 2 aromatic heterocycles. The highest BCUT2D eigenvalue weighted by Crippen LogP contribution is 2.28. The third-order valence-electron chi connectivity index (χ3n) is 3.54. The molecule has 3 aromatic rings. The zero-order valence-corrected chi connectivity index (χ0v) is 16.1. The number of anilines is 1. The molecule has 1 amide bonds. The van der Waals surface area contributed by atoms with Crippen LogP contribution in [-0.2, 0) is 11.3 Å². The van der Waals surface area contributed by atoms with Gasteiger partial charge in [0.2, 0.25) is 11.7 Å². The number of aromatic nitrogens is 3. The summed E-state index contributed by atoms with van der Waals surface area (Å²) >= 11 is 7.25. The number of nitrogens with zero attached hydrogens (tertiary/aromatic N) is 3. The number of methoxy groups -OCH3 is 1. The number of allylic oxidation sites excluding steroid dienone is 1. The molecule has 140 valence electrons. The molecule has 9 heteroatoms. The number of amides is 1. The SMILES string of the molecule is C=CCn1c(SCC(=O)Nc2cc(Cl)ccc2OC)nnc1-c1ccco1. The molecule has 0 radical (unpaired) electrons. The Balaban J connectivity index is 1.71. The van der Waals surface area contributed by atoms with Crippen molar-refractivity contribution in [3.63, 3.8) is 0 Å². The fraction of sp³-hybridized carbons (Fsp3) is 0.167. The van der Waals surface area contributed by atoms with E-state index in [1.54, 1.807) is 42.7 Å². The number of hydrogen-bond donors (Lipinski definition) is 1. The Bertz CT molecular complexity index is 940. The van der Waals surface area contributed by atoms with Crippen molar-refractivity contribution in [2.75, 3.05) is 18.2 Å². The summed E-state index contributed by atoms with van der Waals surface area (Å²) in [6.07, 6.45) is 3.30. The minimum Gasteiger partial charge on any atom is -0.495 e. The molecule has 0 aliphatic carbocycles. The lowest BCUT2D eigenvalue weighted by molar-refractivity contribution is -0.113. The normalized spacial score (nSPS) is 10.6. The fourth-order valence-corrected chi connectivity index (χ4v) is 3.29.